The predicted octanol–water partition coefficient (Wildman–Crippen LogP) is 3.89. The molecule has 0 bridgehead atoms. The van der Waals surface area contributed by atoms with Crippen molar-refractivity contribution in [1.82, 2.24) is 0 Å². The van der Waals surface area contributed by atoms with E-state index in [0.717, 1.165) is 0 Å². The van der Waals surface area contributed by atoms with Crippen LogP contribution in [0.25, 0.3) is 0 Å². The number of fused-ring (bicyclic) bond motifs is 6. The number of phenols is 2. The van der Waals surface area contributed by atoms with Crippen molar-refractivity contribution in [2.45, 2.75) is 5.60 Å². The van der Waals surface area contributed by atoms with E-state index in [4.69, 9.17) is 9.47 Å². The first-order valence-corrected chi connectivity index (χ1v) is 9.58. The Balaban J connectivity index is 0.00000120. The fraction of sp³-hybridized carbons (Fsp3) is 0.0500. The van der Waals surface area contributed by atoms with Crippen molar-refractivity contribution in [3.8, 4) is 23.0 Å². The summed E-state index contributed by atoms with van der Waals surface area (Å²) in [5, 5.41) is 20.3. The molecule has 0 radical (unpaired) electrons. The number of aromatic hydroxyl groups is 2. The molecule has 3 aromatic rings. The second-order valence-corrected chi connectivity index (χ2v) is 7.86. The van der Waals surface area contributed by atoms with Crippen LogP contribution in [0.5, 0.6) is 23.0 Å². The molecule has 5 nitrogen and oxygen atoms in total. The van der Waals surface area contributed by atoms with Gasteiger partial charge in [0.05, 0.1) is 5.56 Å². The van der Waals surface area contributed by atoms with Crippen LogP contribution in [0.2, 0.25) is 0 Å². The van der Waals surface area contributed by atoms with E-state index in [2.05, 4.69) is 31.9 Å². The van der Waals surface area contributed by atoms with Gasteiger partial charge >= 0.3 is 65.1 Å². The molecule has 29 heavy (non-hydrogen) atoms. The van der Waals surface area contributed by atoms with E-state index in [1.165, 1.54) is 12.1 Å². The monoisotopic (exact) mass is 536 g/mol. The Labute approximate surface area is 227 Å². The standard InChI is InChI=1S/C20H10Br2O5.2Na.2H/c21-15-13(23)7-5-11-17(15)26-18-12(6-8-14(24)16(18)22)20(11)10-4-2-1-3-9(10)19(25)27-20;;;;/h1-8,23-24H;;;;. The topological polar surface area (TPSA) is 76.0 Å². The molecule has 0 aromatic heterocycles. The number of esters is 1. The molecule has 1 spiro atoms. The Kier molecular flexibility index (Phi) is 6.55. The third-order valence-electron chi connectivity index (χ3n) is 4.89. The molecule has 0 aliphatic carbocycles. The van der Waals surface area contributed by atoms with Gasteiger partial charge in [-0.1, -0.05) is 18.2 Å². The van der Waals surface area contributed by atoms with Crippen molar-refractivity contribution < 1.29 is 24.5 Å². The van der Waals surface area contributed by atoms with Crippen LogP contribution in [0.1, 0.15) is 27.0 Å². The van der Waals surface area contributed by atoms with Crippen LogP contribution < -0.4 is 4.74 Å². The van der Waals surface area contributed by atoms with Gasteiger partial charge in [0.15, 0.2) is 17.1 Å². The summed E-state index contributed by atoms with van der Waals surface area (Å²) in [7, 11) is 0. The minimum atomic E-state index is -1.25. The number of hydrogen-bond acceptors (Lipinski definition) is 5. The first-order valence-electron chi connectivity index (χ1n) is 7.99. The summed E-state index contributed by atoms with van der Waals surface area (Å²) in [5.41, 5.74) is 1.05. The number of carbonyl (C=O) groups excluding carboxylic acids is 1. The quantitative estimate of drug-likeness (QED) is 0.336. The first-order chi connectivity index (χ1) is 12.9. The maximum absolute atomic E-state index is 12.7. The summed E-state index contributed by atoms with van der Waals surface area (Å²) in [6.45, 7) is 0. The van der Waals surface area contributed by atoms with Gasteiger partial charge in [0.1, 0.15) is 20.4 Å². The van der Waals surface area contributed by atoms with Gasteiger partial charge in [-0.2, -0.15) is 0 Å². The summed E-state index contributed by atoms with van der Waals surface area (Å²) in [6.07, 6.45) is 0. The van der Waals surface area contributed by atoms with E-state index >= 15 is 0 Å². The van der Waals surface area contributed by atoms with Crippen molar-refractivity contribution in [1.29, 1.82) is 0 Å². The van der Waals surface area contributed by atoms with E-state index in [1.54, 1.807) is 24.3 Å². The maximum atomic E-state index is 12.7. The minimum absolute atomic E-state index is 0. The molecule has 2 N–H and O–H groups in total. The van der Waals surface area contributed by atoms with E-state index in [9.17, 15) is 15.0 Å². The summed E-state index contributed by atoms with van der Waals surface area (Å²) in [6, 6.07) is 13.5. The molecule has 2 heterocycles. The Bertz CT molecular complexity index is 1110. The van der Waals surface area contributed by atoms with Gasteiger partial charge in [-0.05, 0) is 62.2 Å². The number of ether oxygens (including phenoxy) is 2. The van der Waals surface area contributed by atoms with E-state index in [0.29, 0.717) is 42.7 Å². The molecule has 0 saturated carbocycles. The average molecular weight is 538 g/mol. The zero-order valence-corrected chi connectivity index (χ0v) is 16.7. The summed E-state index contributed by atoms with van der Waals surface area (Å²) in [5.74, 6) is 0.164. The van der Waals surface area contributed by atoms with Crippen LogP contribution in [-0.4, -0.2) is 75.3 Å². The normalized spacial score (nSPS) is 14.5. The zero-order chi connectivity index (χ0) is 18.9. The van der Waals surface area contributed by atoms with E-state index in [-0.39, 0.29) is 70.6 Å². The first kappa shape index (κ1) is 23.2. The van der Waals surface area contributed by atoms with Gasteiger partial charge in [0.25, 0.3) is 0 Å². The molecule has 0 fully saturated rings. The van der Waals surface area contributed by atoms with Gasteiger partial charge in [-0.3, -0.25) is 0 Å². The molecule has 0 saturated heterocycles. The molecule has 0 unspecified atom stereocenters. The summed E-state index contributed by atoms with van der Waals surface area (Å²) < 4.78 is 12.7. The van der Waals surface area contributed by atoms with Gasteiger partial charge in [0, 0.05) is 16.7 Å². The number of benzene rings is 3. The fourth-order valence-corrected chi connectivity index (χ4v) is 4.56. The molecule has 3 aromatic carbocycles. The second-order valence-electron chi connectivity index (χ2n) is 6.27. The van der Waals surface area contributed by atoms with E-state index < -0.39 is 11.6 Å². The number of rotatable bonds is 0. The Morgan fingerprint density at radius 3 is 1.83 bits per heavy atom. The van der Waals surface area contributed by atoms with Crippen LogP contribution in [0.4, 0.5) is 0 Å². The predicted molar refractivity (Wildman–Crippen MR) is 118 cm³/mol. The third kappa shape index (κ3) is 3.13. The molecule has 0 atom stereocenters. The van der Waals surface area contributed by atoms with E-state index in [1.807, 2.05) is 12.1 Å². The Hall–Kier alpha value is -0.510. The Morgan fingerprint density at radius 2 is 1.28 bits per heavy atom. The number of carbonyl (C=O) groups is 1. The molecular weight excluding hydrogens is 526 g/mol. The molecule has 138 valence electrons. The molecule has 5 rings (SSSR count). The van der Waals surface area contributed by atoms with Gasteiger partial charge in [-0.25, -0.2) is 4.79 Å². The third-order valence-corrected chi connectivity index (χ3v) is 6.42. The van der Waals surface area contributed by atoms with Gasteiger partial charge < -0.3 is 19.7 Å². The summed E-state index contributed by atoms with van der Waals surface area (Å²) in [4.78, 5) is 12.7. The number of phenolic OH excluding ortho intramolecular Hbond substituents is 2. The van der Waals surface area contributed by atoms with Gasteiger partial charge in [-0.15, -0.1) is 0 Å². The number of hydrogen-bond donors (Lipinski definition) is 2. The van der Waals surface area contributed by atoms with Crippen LogP contribution >= 0.6 is 31.9 Å². The zero-order valence-electron chi connectivity index (χ0n) is 13.5. The second kappa shape index (κ2) is 8.20. The van der Waals surface area contributed by atoms with Crippen LogP contribution in [-0.2, 0) is 10.3 Å². The summed E-state index contributed by atoms with van der Waals surface area (Å²) >= 11 is 6.71. The van der Waals surface area contributed by atoms with Crippen LogP contribution in [0.3, 0.4) is 0 Å². The van der Waals surface area contributed by atoms with Crippen molar-refractivity contribution in [2.24, 2.45) is 0 Å². The Morgan fingerprint density at radius 1 is 0.759 bits per heavy atom. The van der Waals surface area contributed by atoms with Gasteiger partial charge in [0.2, 0.25) is 0 Å². The number of halogens is 2. The van der Waals surface area contributed by atoms with Crippen molar-refractivity contribution in [3.63, 3.8) is 0 Å². The molecule has 0 amide bonds. The SMILES string of the molecule is O=C1OC2(c3ccccc31)c1ccc(O)c(Br)c1Oc1c2ccc(O)c1Br.[NaH].[NaH]. The van der Waals surface area contributed by atoms with Crippen molar-refractivity contribution in [3.05, 3.63) is 79.7 Å². The van der Waals surface area contributed by atoms with Crippen molar-refractivity contribution in [2.75, 3.05) is 0 Å². The molecule has 2 aliphatic rings. The average Bonchev–Trinajstić information content (AvgIpc) is 2.96. The molecule has 9 heteroatoms. The molecular formula is C20H12Br2Na2O5. The fourth-order valence-electron chi connectivity index (χ4n) is 3.71. The molecule has 2 aliphatic heterocycles. The van der Waals surface area contributed by atoms with Crippen LogP contribution in [0, 0.1) is 0 Å². The van der Waals surface area contributed by atoms with Crippen molar-refractivity contribution >= 4 is 96.9 Å². The van der Waals surface area contributed by atoms with Crippen LogP contribution in [0.15, 0.2) is 57.5 Å².